The fourth-order valence-electron chi connectivity index (χ4n) is 3.27. The molecular weight excluding hydrogens is 364 g/mol. The van der Waals surface area contributed by atoms with E-state index >= 15 is 0 Å². The third-order valence-electron chi connectivity index (χ3n) is 4.75. The van der Waals surface area contributed by atoms with Crippen LogP contribution in [0.1, 0.15) is 24.8 Å². The van der Waals surface area contributed by atoms with Gasteiger partial charge in [-0.3, -0.25) is 4.98 Å². The van der Waals surface area contributed by atoms with Crippen LogP contribution in [0.25, 0.3) is 0 Å². The Morgan fingerprint density at radius 3 is 2.78 bits per heavy atom. The van der Waals surface area contributed by atoms with Gasteiger partial charge in [-0.25, -0.2) is 9.97 Å². The van der Waals surface area contributed by atoms with Crippen LogP contribution in [0.2, 0.25) is 0 Å². The first-order chi connectivity index (χ1) is 12.9. The highest BCUT2D eigenvalue weighted by atomic mass is 32.2. The van der Waals surface area contributed by atoms with E-state index in [1.165, 1.54) is 9.87 Å². The summed E-state index contributed by atoms with van der Waals surface area (Å²) in [5.41, 5.74) is 1.17. The number of aryl methyl sites for hydroxylation is 1. The maximum atomic E-state index is 12.3. The third kappa shape index (κ3) is 5.21. The molecule has 0 spiro atoms. The quantitative estimate of drug-likeness (QED) is 0.778. The van der Waals surface area contributed by atoms with E-state index in [0.717, 1.165) is 31.5 Å². The topological polar surface area (TPSA) is 91.3 Å². The molecule has 27 heavy (non-hydrogen) atoms. The van der Waals surface area contributed by atoms with E-state index in [-0.39, 0.29) is 0 Å². The number of nitrogens with one attached hydrogen (secondary N) is 1. The normalized spacial score (nSPS) is 18.6. The summed E-state index contributed by atoms with van der Waals surface area (Å²) in [5.74, 6) is 1.76. The van der Waals surface area contributed by atoms with Crippen LogP contribution in [0, 0.1) is 5.92 Å². The van der Waals surface area contributed by atoms with E-state index in [1.54, 1.807) is 43.2 Å². The average molecular weight is 391 g/mol. The van der Waals surface area contributed by atoms with Crippen LogP contribution in [-0.2, 0) is 16.6 Å². The fourth-order valence-corrected chi connectivity index (χ4v) is 4.49. The molecule has 1 aliphatic rings. The molecule has 2 aromatic rings. The summed E-state index contributed by atoms with van der Waals surface area (Å²) in [6.07, 6.45) is 10.5. The van der Waals surface area contributed by atoms with Gasteiger partial charge in [0, 0.05) is 45.8 Å². The van der Waals surface area contributed by atoms with Crippen molar-refractivity contribution in [3.63, 3.8) is 0 Å². The minimum Gasteiger partial charge on any atom is -0.324 e. The zero-order valence-corrected chi connectivity index (χ0v) is 16.6. The standard InChI is InChI=1S/C18H26N6O2S/c1-23(2)27(25,26)24-11-3-4-16(14-24)6-5-15-7-8-20-17(12-15)22-18-13-19-9-10-21-18/h7-10,12-13,16H,3-6,11,14H2,1-2H3,(H,20,21,22)/t16-/m1/s1. The summed E-state index contributed by atoms with van der Waals surface area (Å²) in [4.78, 5) is 12.5. The minimum absolute atomic E-state index is 0.373. The van der Waals surface area contributed by atoms with Crippen molar-refractivity contribution in [1.29, 1.82) is 0 Å². The lowest BCUT2D eigenvalue weighted by atomic mass is 9.93. The van der Waals surface area contributed by atoms with E-state index in [2.05, 4.69) is 20.3 Å². The lowest BCUT2D eigenvalue weighted by Crippen LogP contribution is -2.45. The number of piperidine rings is 1. The molecule has 146 valence electrons. The number of rotatable bonds is 7. The molecule has 1 aliphatic heterocycles. The van der Waals surface area contributed by atoms with Gasteiger partial charge in [0.1, 0.15) is 11.6 Å². The molecule has 0 bridgehead atoms. The maximum Gasteiger partial charge on any atom is 0.281 e. The SMILES string of the molecule is CN(C)S(=O)(=O)N1CCC[C@H](CCc2ccnc(Nc3cnccn3)c2)C1. The van der Waals surface area contributed by atoms with Crippen LogP contribution in [0.15, 0.2) is 36.9 Å². The van der Waals surface area contributed by atoms with E-state index in [9.17, 15) is 8.42 Å². The number of hydrogen-bond donors (Lipinski definition) is 1. The second kappa shape index (κ2) is 8.73. The summed E-state index contributed by atoms with van der Waals surface area (Å²) in [6.45, 7) is 1.20. The van der Waals surface area contributed by atoms with Crippen molar-refractivity contribution >= 4 is 21.8 Å². The summed E-state index contributed by atoms with van der Waals surface area (Å²) >= 11 is 0. The van der Waals surface area contributed by atoms with Gasteiger partial charge in [-0.05, 0) is 49.3 Å². The van der Waals surface area contributed by atoms with E-state index in [0.29, 0.717) is 24.8 Å². The molecule has 3 heterocycles. The van der Waals surface area contributed by atoms with Gasteiger partial charge in [0.2, 0.25) is 0 Å². The Morgan fingerprint density at radius 2 is 2.04 bits per heavy atom. The number of hydrogen-bond acceptors (Lipinski definition) is 6. The highest BCUT2D eigenvalue weighted by molar-refractivity contribution is 7.86. The van der Waals surface area contributed by atoms with Crippen molar-refractivity contribution in [2.75, 3.05) is 32.5 Å². The number of pyridine rings is 1. The van der Waals surface area contributed by atoms with Crippen molar-refractivity contribution in [3.05, 3.63) is 42.5 Å². The van der Waals surface area contributed by atoms with Crippen LogP contribution in [0.4, 0.5) is 11.6 Å². The Bertz CT molecular complexity index is 844. The summed E-state index contributed by atoms with van der Waals surface area (Å²) in [7, 11) is -0.154. The van der Waals surface area contributed by atoms with Crippen LogP contribution >= 0.6 is 0 Å². The van der Waals surface area contributed by atoms with Crippen molar-refractivity contribution in [3.8, 4) is 0 Å². The van der Waals surface area contributed by atoms with Gasteiger partial charge in [0.15, 0.2) is 0 Å². The molecule has 8 nitrogen and oxygen atoms in total. The summed E-state index contributed by atoms with van der Waals surface area (Å²) < 4.78 is 27.6. The van der Waals surface area contributed by atoms with E-state index in [4.69, 9.17) is 0 Å². The molecular formula is C18H26N6O2S. The Hall–Kier alpha value is -2.10. The first-order valence-corrected chi connectivity index (χ1v) is 10.5. The molecule has 0 aromatic carbocycles. The Kier molecular flexibility index (Phi) is 6.35. The van der Waals surface area contributed by atoms with Gasteiger partial charge >= 0.3 is 0 Å². The van der Waals surface area contributed by atoms with Gasteiger partial charge in [0.25, 0.3) is 10.2 Å². The number of aromatic nitrogens is 3. The zero-order chi connectivity index (χ0) is 19.3. The second-order valence-corrected chi connectivity index (χ2v) is 9.10. The molecule has 2 aromatic heterocycles. The Balaban J connectivity index is 1.58. The van der Waals surface area contributed by atoms with Crippen molar-refractivity contribution in [2.24, 2.45) is 5.92 Å². The van der Waals surface area contributed by atoms with E-state index < -0.39 is 10.2 Å². The Labute approximate surface area is 160 Å². The molecule has 3 rings (SSSR count). The highest BCUT2D eigenvalue weighted by Crippen LogP contribution is 2.24. The first-order valence-electron chi connectivity index (χ1n) is 9.11. The third-order valence-corrected chi connectivity index (χ3v) is 6.66. The predicted molar refractivity (Wildman–Crippen MR) is 105 cm³/mol. The van der Waals surface area contributed by atoms with Crippen molar-refractivity contribution < 1.29 is 8.42 Å². The van der Waals surface area contributed by atoms with E-state index in [1.807, 2.05) is 12.1 Å². The lowest BCUT2D eigenvalue weighted by molar-refractivity contribution is 0.246. The average Bonchev–Trinajstić information content (AvgIpc) is 2.67. The molecule has 1 saturated heterocycles. The summed E-state index contributed by atoms with van der Waals surface area (Å²) in [5, 5.41) is 3.14. The number of nitrogens with zero attached hydrogens (tertiary/aromatic N) is 5. The van der Waals surface area contributed by atoms with Gasteiger partial charge in [-0.1, -0.05) is 0 Å². The lowest BCUT2D eigenvalue weighted by Gasteiger charge is -2.33. The molecule has 0 radical (unpaired) electrons. The van der Waals surface area contributed by atoms with Gasteiger partial charge in [-0.2, -0.15) is 17.0 Å². The number of anilines is 2. The van der Waals surface area contributed by atoms with Crippen LogP contribution in [-0.4, -0.2) is 59.2 Å². The maximum absolute atomic E-state index is 12.3. The molecule has 0 aliphatic carbocycles. The second-order valence-electron chi connectivity index (χ2n) is 6.96. The fraction of sp³-hybridized carbons (Fsp3) is 0.500. The highest BCUT2D eigenvalue weighted by Gasteiger charge is 2.30. The molecule has 1 atom stereocenters. The Morgan fingerprint density at radius 1 is 1.22 bits per heavy atom. The molecule has 1 N–H and O–H groups in total. The van der Waals surface area contributed by atoms with Gasteiger partial charge < -0.3 is 5.32 Å². The van der Waals surface area contributed by atoms with Crippen molar-refractivity contribution in [2.45, 2.75) is 25.7 Å². The molecule has 0 saturated carbocycles. The molecule has 0 unspecified atom stereocenters. The minimum atomic E-state index is -3.32. The van der Waals surface area contributed by atoms with Gasteiger partial charge in [0.05, 0.1) is 6.20 Å². The predicted octanol–water partition coefficient (Wildman–Crippen LogP) is 2.07. The monoisotopic (exact) mass is 390 g/mol. The smallest absolute Gasteiger partial charge is 0.281 e. The van der Waals surface area contributed by atoms with Gasteiger partial charge in [-0.15, -0.1) is 0 Å². The molecule has 1 fully saturated rings. The van der Waals surface area contributed by atoms with Crippen molar-refractivity contribution in [1.82, 2.24) is 23.6 Å². The first kappa shape index (κ1) is 19.7. The largest absolute Gasteiger partial charge is 0.324 e. The summed E-state index contributed by atoms with van der Waals surface area (Å²) in [6, 6.07) is 4.00. The molecule has 0 amide bonds. The molecule has 9 heteroatoms. The van der Waals surface area contributed by atoms with Crippen LogP contribution in [0.3, 0.4) is 0 Å². The van der Waals surface area contributed by atoms with Crippen LogP contribution in [0.5, 0.6) is 0 Å². The zero-order valence-electron chi connectivity index (χ0n) is 15.7. The van der Waals surface area contributed by atoms with Crippen LogP contribution < -0.4 is 5.32 Å².